The van der Waals surface area contributed by atoms with Crippen molar-refractivity contribution >= 4 is 33.4 Å². The Labute approximate surface area is 134 Å². The molecule has 0 fully saturated rings. The van der Waals surface area contributed by atoms with E-state index >= 15 is 0 Å². The summed E-state index contributed by atoms with van der Waals surface area (Å²) < 4.78 is 6.63. The molecule has 0 saturated heterocycles. The summed E-state index contributed by atoms with van der Waals surface area (Å²) >= 11 is 5.06. The van der Waals surface area contributed by atoms with E-state index in [0.717, 1.165) is 20.6 Å². The van der Waals surface area contributed by atoms with Crippen LogP contribution in [0.4, 0.5) is 5.69 Å². The average molecular weight is 362 g/mol. The summed E-state index contributed by atoms with van der Waals surface area (Å²) in [5.74, 6) is 1.68. The first-order valence-electron chi connectivity index (χ1n) is 6.28. The van der Waals surface area contributed by atoms with E-state index in [1.165, 1.54) is 0 Å². The van der Waals surface area contributed by atoms with Crippen LogP contribution < -0.4 is 5.73 Å². The highest BCUT2D eigenvalue weighted by Gasteiger charge is 2.11. The fourth-order valence-corrected chi connectivity index (χ4v) is 3.07. The summed E-state index contributed by atoms with van der Waals surface area (Å²) in [6, 6.07) is 15.5. The second kappa shape index (κ2) is 6.32. The quantitative estimate of drug-likeness (QED) is 0.551. The van der Waals surface area contributed by atoms with E-state index in [4.69, 9.17) is 10.2 Å². The molecule has 4 nitrogen and oxygen atoms in total. The molecule has 6 heteroatoms. The molecule has 0 aliphatic carbocycles. The number of nitrogen functional groups attached to an aromatic ring is 1. The normalized spacial score (nSPS) is 10.7. The van der Waals surface area contributed by atoms with Crippen molar-refractivity contribution in [2.24, 2.45) is 0 Å². The van der Waals surface area contributed by atoms with Crippen molar-refractivity contribution in [2.75, 3.05) is 5.73 Å². The lowest BCUT2D eigenvalue weighted by Crippen LogP contribution is -1.88. The van der Waals surface area contributed by atoms with E-state index in [0.29, 0.717) is 17.5 Å². The molecule has 0 aliphatic heterocycles. The minimum absolute atomic E-state index is 0.513. The van der Waals surface area contributed by atoms with Crippen LogP contribution in [0, 0.1) is 0 Å². The van der Waals surface area contributed by atoms with Gasteiger partial charge in [-0.1, -0.05) is 24.3 Å². The maximum Gasteiger partial charge on any atom is 0.248 e. The second-order valence-corrected chi connectivity index (χ2v) is 6.18. The number of hydrogen-bond acceptors (Lipinski definition) is 5. The number of rotatable bonds is 4. The average Bonchev–Trinajstić information content (AvgIpc) is 2.96. The topological polar surface area (TPSA) is 64.9 Å². The molecular weight excluding hydrogens is 350 g/mol. The number of anilines is 1. The van der Waals surface area contributed by atoms with Crippen molar-refractivity contribution in [3.8, 4) is 11.5 Å². The molecule has 1 aromatic heterocycles. The fourth-order valence-electron chi connectivity index (χ4n) is 1.81. The molecule has 0 unspecified atom stereocenters. The molecule has 0 saturated carbocycles. The molecule has 0 amide bonds. The highest BCUT2D eigenvalue weighted by molar-refractivity contribution is 9.10. The first-order valence-corrected chi connectivity index (χ1v) is 8.06. The Kier molecular flexibility index (Phi) is 4.26. The molecule has 0 atom stereocenters. The lowest BCUT2D eigenvalue weighted by atomic mass is 10.2. The van der Waals surface area contributed by atoms with Crippen LogP contribution in [0.15, 0.2) is 62.3 Å². The fraction of sp³-hybridized carbons (Fsp3) is 0.0667. The van der Waals surface area contributed by atoms with Gasteiger partial charge in [-0.3, -0.25) is 0 Å². The predicted molar refractivity (Wildman–Crippen MR) is 87.8 cm³/mol. The Bertz CT molecular complexity index is 760. The maximum atomic E-state index is 5.91. The number of thioether (sulfide) groups is 1. The summed E-state index contributed by atoms with van der Waals surface area (Å²) in [6.45, 7) is 0. The van der Waals surface area contributed by atoms with Crippen molar-refractivity contribution in [3.05, 3.63) is 58.9 Å². The van der Waals surface area contributed by atoms with Gasteiger partial charge in [-0.2, -0.15) is 0 Å². The molecule has 1 heterocycles. The number of para-hydroxylation sites is 1. The van der Waals surface area contributed by atoms with E-state index in [-0.39, 0.29) is 0 Å². The molecular formula is C15H12BrN3OS. The SMILES string of the molecule is Nc1ccccc1SCc1nnc(-c2ccccc2Br)o1. The predicted octanol–water partition coefficient (Wildman–Crippen LogP) is 4.37. The van der Waals surface area contributed by atoms with Gasteiger partial charge in [0.1, 0.15) is 0 Å². The molecule has 0 radical (unpaired) electrons. The second-order valence-electron chi connectivity index (χ2n) is 4.31. The molecule has 106 valence electrons. The first-order chi connectivity index (χ1) is 10.2. The van der Waals surface area contributed by atoms with E-state index in [2.05, 4.69) is 26.1 Å². The van der Waals surface area contributed by atoms with Gasteiger partial charge in [0, 0.05) is 15.1 Å². The Hall–Kier alpha value is -1.79. The summed E-state index contributed by atoms with van der Waals surface area (Å²) in [7, 11) is 0. The minimum Gasteiger partial charge on any atom is -0.420 e. The van der Waals surface area contributed by atoms with Gasteiger partial charge in [-0.25, -0.2) is 0 Å². The van der Waals surface area contributed by atoms with Gasteiger partial charge in [0.05, 0.1) is 11.3 Å². The number of halogens is 1. The molecule has 2 N–H and O–H groups in total. The Morgan fingerprint density at radius 2 is 1.81 bits per heavy atom. The molecule has 0 spiro atoms. The zero-order valence-electron chi connectivity index (χ0n) is 11.0. The van der Waals surface area contributed by atoms with Crippen LogP contribution in [0.1, 0.15) is 5.89 Å². The Balaban J connectivity index is 1.74. The van der Waals surface area contributed by atoms with Crippen molar-refractivity contribution in [1.29, 1.82) is 0 Å². The monoisotopic (exact) mass is 361 g/mol. The van der Waals surface area contributed by atoms with Gasteiger partial charge in [0.25, 0.3) is 0 Å². The molecule has 3 rings (SSSR count). The highest BCUT2D eigenvalue weighted by Crippen LogP contribution is 2.30. The molecule has 0 bridgehead atoms. The van der Waals surface area contributed by atoms with Crippen molar-refractivity contribution < 1.29 is 4.42 Å². The van der Waals surface area contributed by atoms with Crippen LogP contribution in [0.5, 0.6) is 0 Å². The zero-order chi connectivity index (χ0) is 14.7. The van der Waals surface area contributed by atoms with E-state index in [9.17, 15) is 0 Å². The Morgan fingerprint density at radius 1 is 1.05 bits per heavy atom. The van der Waals surface area contributed by atoms with Gasteiger partial charge in [0.15, 0.2) is 0 Å². The van der Waals surface area contributed by atoms with Crippen molar-refractivity contribution in [1.82, 2.24) is 10.2 Å². The van der Waals surface area contributed by atoms with Gasteiger partial charge in [-0.15, -0.1) is 22.0 Å². The number of nitrogens with two attached hydrogens (primary N) is 1. The molecule has 21 heavy (non-hydrogen) atoms. The van der Waals surface area contributed by atoms with Gasteiger partial charge in [-0.05, 0) is 40.2 Å². The van der Waals surface area contributed by atoms with E-state index in [1.807, 2.05) is 48.5 Å². The smallest absolute Gasteiger partial charge is 0.248 e. The lowest BCUT2D eigenvalue weighted by Gasteiger charge is -2.02. The number of aromatic nitrogens is 2. The summed E-state index contributed by atoms with van der Waals surface area (Å²) in [4.78, 5) is 1.01. The van der Waals surface area contributed by atoms with Crippen molar-refractivity contribution in [3.63, 3.8) is 0 Å². The number of nitrogens with zero attached hydrogens (tertiary/aromatic N) is 2. The molecule has 2 aromatic carbocycles. The summed E-state index contributed by atoms with van der Waals surface area (Å²) in [5.41, 5.74) is 7.55. The van der Waals surface area contributed by atoms with Gasteiger partial charge >= 0.3 is 0 Å². The third-order valence-electron chi connectivity index (χ3n) is 2.84. The largest absolute Gasteiger partial charge is 0.420 e. The van der Waals surface area contributed by atoms with Crippen LogP contribution in [0.2, 0.25) is 0 Å². The van der Waals surface area contributed by atoms with Gasteiger partial charge < -0.3 is 10.2 Å². The Morgan fingerprint density at radius 3 is 2.62 bits per heavy atom. The van der Waals surface area contributed by atoms with Crippen LogP contribution in [0.3, 0.4) is 0 Å². The minimum atomic E-state index is 0.513. The standard InChI is InChI=1S/C15H12BrN3OS/c16-11-6-2-1-5-10(11)15-19-18-14(20-15)9-21-13-8-4-3-7-12(13)17/h1-8H,9,17H2. The van der Waals surface area contributed by atoms with E-state index in [1.54, 1.807) is 11.8 Å². The molecule has 3 aromatic rings. The lowest BCUT2D eigenvalue weighted by molar-refractivity contribution is 0.528. The third-order valence-corrected chi connectivity index (χ3v) is 4.61. The first kappa shape index (κ1) is 14.2. The third kappa shape index (κ3) is 3.28. The summed E-state index contributed by atoms with van der Waals surface area (Å²) in [5, 5.41) is 8.17. The zero-order valence-corrected chi connectivity index (χ0v) is 13.4. The van der Waals surface area contributed by atoms with Crippen molar-refractivity contribution in [2.45, 2.75) is 10.6 Å². The molecule has 0 aliphatic rings. The van der Waals surface area contributed by atoms with E-state index < -0.39 is 0 Å². The van der Waals surface area contributed by atoms with Crippen LogP contribution in [-0.2, 0) is 5.75 Å². The number of hydrogen-bond donors (Lipinski definition) is 1. The maximum absolute atomic E-state index is 5.91. The van der Waals surface area contributed by atoms with Gasteiger partial charge in [0.2, 0.25) is 11.8 Å². The highest BCUT2D eigenvalue weighted by atomic mass is 79.9. The number of benzene rings is 2. The van der Waals surface area contributed by atoms with Crippen LogP contribution in [0.25, 0.3) is 11.5 Å². The van der Waals surface area contributed by atoms with Crippen LogP contribution in [-0.4, -0.2) is 10.2 Å². The summed E-state index contributed by atoms with van der Waals surface area (Å²) in [6.07, 6.45) is 0. The van der Waals surface area contributed by atoms with Crippen LogP contribution >= 0.6 is 27.7 Å².